The molecule has 2 aromatic rings. The highest BCUT2D eigenvalue weighted by Crippen LogP contribution is 2.22. The molecule has 0 aliphatic carbocycles. The van der Waals surface area contributed by atoms with Gasteiger partial charge >= 0.3 is 0 Å². The van der Waals surface area contributed by atoms with Crippen LogP contribution >= 0.6 is 0 Å². The number of ether oxygens (including phenoxy) is 1. The lowest BCUT2D eigenvalue weighted by molar-refractivity contribution is 0.0993. The van der Waals surface area contributed by atoms with Gasteiger partial charge in [-0.3, -0.25) is 9.78 Å². The second-order valence-corrected chi connectivity index (χ2v) is 4.23. The van der Waals surface area contributed by atoms with Crippen molar-refractivity contribution in [1.29, 1.82) is 0 Å². The minimum Gasteiger partial charge on any atom is -0.497 e. The molecule has 0 spiro atoms. The predicted octanol–water partition coefficient (Wildman–Crippen LogP) is 2.41. The van der Waals surface area contributed by atoms with Crippen LogP contribution in [-0.4, -0.2) is 32.1 Å². The fourth-order valence-electron chi connectivity index (χ4n) is 1.88. The number of aromatic nitrogens is 1. The maximum absolute atomic E-state index is 12.5. The third-order valence-corrected chi connectivity index (χ3v) is 3.09. The van der Waals surface area contributed by atoms with Crippen LogP contribution in [0.2, 0.25) is 0 Å². The van der Waals surface area contributed by atoms with Crippen molar-refractivity contribution < 1.29 is 9.53 Å². The molecule has 0 saturated carbocycles. The lowest BCUT2D eigenvalue weighted by atomic mass is 10.2. The Morgan fingerprint density at radius 3 is 2.55 bits per heavy atom. The highest BCUT2D eigenvalue weighted by Gasteiger charge is 2.16. The van der Waals surface area contributed by atoms with Gasteiger partial charge in [-0.1, -0.05) is 0 Å². The number of amides is 1. The van der Waals surface area contributed by atoms with Crippen molar-refractivity contribution in [3.05, 3.63) is 48.3 Å². The Balaban J connectivity index is 2.27. The number of methoxy groups -OCH3 is 1. The number of nitrogens with zero attached hydrogens (tertiary/aromatic N) is 2. The monoisotopic (exact) mass is 271 g/mol. The number of benzene rings is 1. The van der Waals surface area contributed by atoms with Gasteiger partial charge in [-0.25, -0.2) is 0 Å². The minimum absolute atomic E-state index is 0.0954. The Kier molecular flexibility index (Phi) is 4.20. The van der Waals surface area contributed by atoms with Crippen molar-refractivity contribution in [2.75, 3.05) is 31.4 Å². The lowest BCUT2D eigenvalue weighted by Gasteiger charge is -2.19. The molecule has 5 heteroatoms. The SMILES string of the molecule is CNc1cnccc1C(=O)N(C)c1ccc(OC)cc1. The predicted molar refractivity (Wildman–Crippen MR) is 79.5 cm³/mol. The Morgan fingerprint density at radius 1 is 1.25 bits per heavy atom. The number of carbonyl (C=O) groups excluding carboxylic acids is 1. The van der Waals surface area contributed by atoms with Gasteiger partial charge < -0.3 is 15.0 Å². The minimum atomic E-state index is -0.0954. The van der Waals surface area contributed by atoms with Crippen molar-refractivity contribution in [2.45, 2.75) is 0 Å². The van der Waals surface area contributed by atoms with Crippen LogP contribution in [0.1, 0.15) is 10.4 Å². The number of nitrogens with one attached hydrogen (secondary N) is 1. The van der Waals surface area contributed by atoms with Gasteiger partial charge in [0.15, 0.2) is 0 Å². The molecule has 0 unspecified atom stereocenters. The summed E-state index contributed by atoms with van der Waals surface area (Å²) in [4.78, 5) is 18.1. The van der Waals surface area contributed by atoms with E-state index in [1.54, 1.807) is 44.6 Å². The summed E-state index contributed by atoms with van der Waals surface area (Å²) in [5.74, 6) is 0.663. The third kappa shape index (κ3) is 2.71. The molecule has 0 radical (unpaired) electrons. The normalized spacial score (nSPS) is 9.95. The number of rotatable bonds is 4. The Morgan fingerprint density at radius 2 is 1.95 bits per heavy atom. The Bertz CT molecular complexity index is 596. The summed E-state index contributed by atoms with van der Waals surface area (Å²) in [7, 11) is 5.12. The molecule has 0 atom stereocenters. The maximum atomic E-state index is 12.5. The van der Waals surface area contributed by atoms with Gasteiger partial charge in [0.2, 0.25) is 0 Å². The molecule has 0 saturated heterocycles. The molecular weight excluding hydrogens is 254 g/mol. The third-order valence-electron chi connectivity index (χ3n) is 3.09. The van der Waals surface area contributed by atoms with Crippen LogP contribution < -0.4 is 15.0 Å². The number of anilines is 2. The fourth-order valence-corrected chi connectivity index (χ4v) is 1.88. The van der Waals surface area contributed by atoms with E-state index in [9.17, 15) is 4.79 Å². The first-order valence-corrected chi connectivity index (χ1v) is 6.21. The molecule has 104 valence electrons. The summed E-state index contributed by atoms with van der Waals surface area (Å²) in [5, 5.41) is 2.97. The van der Waals surface area contributed by atoms with E-state index in [1.807, 2.05) is 24.3 Å². The second kappa shape index (κ2) is 6.06. The van der Waals surface area contributed by atoms with Gasteiger partial charge in [0.1, 0.15) is 5.75 Å². The molecule has 1 amide bonds. The van der Waals surface area contributed by atoms with Crippen LogP contribution in [-0.2, 0) is 0 Å². The number of hydrogen-bond acceptors (Lipinski definition) is 4. The van der Waals surface area contributed by atoms with E-state index in [4.69, 9.17) is 4.74 Å². The molecule has 0 aliphatic heterocycles. The molecule has 1 N–H and O–H groups in total. The van der Waals surface area contributed by atoms with Crippen LogP contribution in [0, 0.1) is 0 Å². The number of hydrogen-bond donors (Lipinski definition) is 1. The average Bonchev–Trinajstić information content (AvgIpc) is 2.53. The van der Waals surface area contributed by atoms with Crippen LogP contribution in [0.25, 0.3) is 0 Å². The van der Waals surface area contributed by atoms with Crippen molar-refractivity contribution in [2.24, 2.45) is 0 Å². The standard InChI is InChI=1S/C15H17N3O2/c1-16-14-10-17-9-8-13(14)15(19)18(2)11-4-6-12(20-3)7-5-11/h4-10,16H,1-3H3. The zero-order valence-corrected chi connectivity index (χ0v) is 11.8. The van der Waals surface area contributed by atoms with Crippen molar-refractivity contribution in [1.82, 2.24) is 4.98 Å². The molecule has 0 aliphatic rings. The van der Waals surface area contributed by atoms with Gasteiger partial charge in [-0.15, -0.1) is 0 Å². The maximum Gasteiger partial charge on any atom is 0.260 e. The van der Waals surface area contributed by atoms with Gasteiger partial charge in [0, 0.05) is 26.0 Å². The summed E-state index contributed by atoms with van der Waals surface area (Å²) in [5.41, 5.74) is 2.09. The van der Waals surface area contributed by atoms with Crippen LogP contribution in [0.15, 0.2) is 42.7 Å². The van der Waals surface area contributed by atoms with Crippen molar-refractivity contribution in [3.8, 4) is 5.75 Å². The number of carbonyl (C=O) groups is 1. The van der Waals surface area contributed by atoms with E-state index in [-0.39, 0.29) is 5.91 Å². The largest absolute Gasteiger partial charge is 0.497 e. The zero-order chi connectivity index (χ0) is 14.5. The van der Waals surface area contributed by atoms with Crippen molar-refractivity contribution >= 4 is 17.3 Å². The molecule has 0 fully saturated rings. The average molecular weight is 271 g/mol. The summed E-state index contributed by atoms with van der Waals surface area (Å²) in [6, 6.07) is 9.04. The summed E-state index contributed by atoms with van der Waals surface area (Å²) < 4.78 is 5.11. The molecule has 20 heavy (non-hydrogen) atoms. The first-order valence-electron chi connectivity index (χ1n) is 6.21. The van der Waals surface area contributed by atoms with E-state index in [1.165, 1.54) is 0 Å². The lowest BCUT2D eigenvalue weighted by Crippen LogP contribution is -2.26. The summed E-state index contributed by atoms with van der Waals surface area (Å²) in [6.45, 7) is 0. The second-order valence-electron chi connectivity index (χ2n) is 4.23. The number of pyridine rings is 1. The highest BCUT2D eigenvalue weighted by atomic mass is 16.5. The summed E-state index contributed by atoms with van der Waals surface area (Å²) >= 11 is 0. The van der Waals surface area contributed by atoms with E-state index in [0.717, 1.165) is 11.4 Å². The Labute approximate surface area is 118 Å². The van der Waals surface area contributed by atoms with E-state index in [2.05, 4.69) is 10.3 Å². The van der Waals surface area contributed by atoms with Crippen molar-refractivity contribution in [3.63, 3.8) is 0 Å². The first kappa shape index (κ1) is 13.9. The van der Waals surface area contributed by atoms with Crippen LogP contribution in [0.3, 0.4) is 0 Å². The van der Waals surface area contributed by atoms with Gasteiger partial charge in [0.25, 0.3) is 5.91 Å². The first-order chi connectivity index (χ1) is 9.67. The summed E-state index contributed by atoms with van der Waals surface area (Å²) in [6.07, 6.45) is 3.24. The van der Waals surface area contributed by atoms with Gasteiger partial charge in [0.05, 0.1) is 24.6 Å². The van der Waals surface area contributed by atoms with E-state index in [0.29, 0.717) is 11.3 Å². The smallest absolute Gasteiger partial charge is 0.260 e. The highest BCUT2D eigenvalue weighted by molar-refractivity contribution is 6.09. The zero-order valence-electron chi connectivity index (χ0n) is 11.8. The molecular formula is C15H17N3O2. The molecule has 1 heterocycles. The van der Waals surface area contributed by atoms with Gasteiger partial charge in [-0.2, -0.15) is 0 Å². The van der Waals surface area contributed by atoms with E-state index < -0.39 is 0 Å². The molecule has 1 aromatic heterocycles. The Hall–Kier alpha value is -2.56. The fraction of sp³-hybridized carbons (Fsp3) is 0.200. The molecule has 5 nitrogen and oxygen atoms in total. The van der Waals surface area contributed by atoms with Gasteiger partial charge in [-0.05, 0) is 30.3 Å². The quantitative estimate of drug-likeness (QED) is 0.927. The van der Waals surface area contributed by atoms with Crippen LogP contribution in [0.4, 0.5) is 11.4 Å². The van der Waals surface area contributed by atoms with Crippen LogP contribution in [0.5, 0.6) is 5.75 Å². The molecule has 0 bridgehead atoms. The molecule has 2 rings (SSSR count). The molecule has 1 aromatic carbocycles. The topological polar surface area (TPSA) is 54.5 Å². The van der Waals surface area contributed by atoms with E-state index >= 15 is 0 Å².